The van der Waals surface area contributed by atoms with E-state index in [2.05, 4.69) is 27.5 Å². The smallest absolute Gasteiger partial charge is 0.242 e. The Morgan fingerprint density at radius 3 is 3.05 bits per heavy atom. The van der Waals surface area contributed by atoms with Gasteiger partial charge in [0.15, 0.2) is 11.0 Å². The molecule has 0 aromatic carbocycles. The van der Waals surface area contributed by atoms with Crippen LogP contribution in [0.5, 0.6) is 0 Å². The van der Waals surface area contributed by atoms with Gasteiger partial charge in [0.25, 0.3) is 0 Å². The molecule has 19 heavy (non-hydrogen) atoms. The third-order valence-corrected chi connectivity index (χ3v) is 4.14. The number of halogens is 2. The molecule has 5 nitrogen and oxygen atoms in total. The number of carbonyl (C=O) groups is 1. The first-order valence-electron chi connectivity index (χ1n) is 6.32. The first-order valence-corrected chi connectivity index (χ1v) is 7.07. The van der Waals surface area contributed by atoms with Crippen molar-refractivity contribution in [2.45, 2.75) is 32.2 Å². The van der Waals surface area contributed by atoms with E-state index in [1.165, 1.54) is 6.33 Å². The summed E-state index contributed by atoms with van der Waals surface area (Å²) < 4.78 is 0. The Bertz CT molecular complexity index is 469. The fraction of sp³-hybridized carbons (Fsp3) is 0.583. The van der Waals surface area contributed by atoms with Crippen molar-refractivity contribution >= 4 is 34.9 Å². The van der Waals surface area contributed by atoms with Crippen LogP contribution in [0.4, 0.5) is 5.82 Å². The molecule has 0 saturated carbocycles. The maximum Gasteiger partial charge on any atom is 0.242 e. The van der Waals surface area contributed by atoms with Crippen molar-refractivity contribution in [3.05, 3.63) is 16.5 Å². The molecule has 0 spiro atoms. The molecule has 1 fully saturated rings. The molecule has 1 amide bonds. The molecule has 1 aliphatic rings. The van der Waals surface area contributed by atoms with Gasteiger partial charge in [-0.05, 0) is 25.3 Å². The Morgan fingerprint density at radius 2 is 2.32 bits per heavy atom. The van der Waals surface area contributed by atoms with Crippen molar-refractivity contribution in [3.63, 3.8) is 0 Å². The van der Waals surface area contributed by atoms with Crippen LogP contribution in [0.15, 0.2) is 6.33 Å². The van der Waals surface area contributed by atoms with Crippen molar-refractivity contribution < 1.29 is 4.79 Å². The average molecular weight is 303 g/mol. The minimum atomic E-state index is -0.205. The van der Waals surface area contributed by atoms with Crippen LogP contribution in [0.1, 0.15) is 26.2 Å². The lowest BCUT2D eigenvalue weighted by Crippen LogP contribution is -2.46. The van der Waals surface area contributed by atoms with Gasteiger partial charge >= 0.3 is 0 Å². The zero-order chi connectivity index (χ0) is 13.8. The summed E-state index contributed by atoms with van der Waals surface area (Å²) in [6.07, 6.45) is 4.30. The van der Waals surface area contributed by atoms with Crippen LogP contribution in [0.2, 0.25) is 10.2 Å². The third-order valence-electron chi connectivity index (χ3n) is 3.39. The number of hydrogen-bond donors (Lipinski definition) is 2. The summed E-state index contributed by atoms with van der Waals surface area (Å²) in [5.41, 5.74) is 0. The van der Waals surface area contributed by atoms with Crippen LogP contribution in [-0.4, -0.2) is 28.5 Å². The number of rotatable bonds is 3. The first kappa shape index (κ1) is 14.5. The van der Waals surface area contributed by atoms with E-state index in [4.69, 9.17) is 23.2 Å². The number of nitrogens with zero attached hydrogens (tertiary/aromatic N) is 2. The number of anilines is 1. The maximum absolute atomic E-state index is 12.2. The number of aromatic nitrogens is 2. The van der Waals surface area contributed by atoms with E-state index < -0.39 is 0 Å². The van der Waals surface area contributed by atoms with Crippen molar-refractivity contribution in [1.82, 2.24) is 15.3 Å². The van der Waals surface area contributed by atoms with Crippen LogP contribution in [-0.2, 0) is 4.79 Å². The van der Waals surface area contributed by atoms with Crippen LogP contribution in [0.25, 0.3) is 0 Å². The number of hydrogen-bond acceptors (Lipinski definition) is 4. The Labute approximate surface area is 122 Å². The van der Waals surface area contributed by atoms with E-state index in [0.717, 1.165) is 25.8 Å². The Kier molecular flexibility index (Phi) is 4.96. The van der Waals surface area contributed by atoms with Crippen molar-refractivity contribution in [2.24, 2.45) is 5.92 Å². The molecule has 1 aliphatic heterocycles. The van der Waals surface area contributed by atoms with E-state index in [1.54, 1.807) is 0 Å². The fourth-order valence-electron chi connectivity index (χ4n) is 2.21. The van der Waals surface area contributed by atoms with Gasteiger partial charge in [-0.1, -0.05) is 36.5 Å². The number of carbonyl (C=O) groups excluding carboxylic acids is 1. The normalized spacial score (nSPS) is 23.1. The van der Waals surface area contributed by atoms with Gasteiger partial charge < -0.3 is 10.6 Å². The molecule has 7 heteroatoms. The van der Waals surface area contributed by atoms with E-state index in [1.807, 2.05) is 0 Å². The minimum absolute atomic E-state index is 0.130. The summed E-state index contributed by atoms with van der Waals surface area (Å²) in [5, 5.41) is 6.20. The van der Waals surface area contributed by atoms with Crippen LogP contribution >= 0.6 is 23.2 Å². The average Bonchev–Trinajstić information content (AvgIpc) is 2.44. The Morgan fingerprint density at radius 1 is 1.53 bits per heavy atom. The summed E-state index contributed by atoms with van der Waals surface area (Å²) in [5.74, 6) is 0.711. The quantitative estimate of drug-likeness (QED) is 0.842. The predicted octanol–water partition coefficient (Wildman–Crippen LogP) is 2.50. The molecule has 104 valence electrons. The molecule has 2 unspecified atom stereocenters. The van der Waals surface area contributed by atoms with Crippen LogP contribution < -0.4 is 10.6 Å². The summed E-state index contributed by atoms with van der Waals surface area (Å²) in [4.78, 5) is 19.8. The third kappa shape index (κ3) is 3.55. The highest BCUT2D eigenvalue weighted by molar-refractivity contribution is 6.42. The Balaban J connectivity index is 2.02. The maximum atomic E-state index is 12.2. The van der Waals surface area contributed by atoms with Gasteiger partial charge in [-0.25, -0.2) is 9.97 Å². The zero-order valence-corrected chi connectivity index (χ0v) is 12.1. The van der Waals surface area contributed by atoms with Crippen LogP contribution in [0, 0.1) is 5.92 Å². The van der Waals surface area contributed by atoms with Gasteiger partial charge in [-0.3, -0.25) is 4.79 Å². The highest BCUT2D eigenvalue weighted by atomic mass is 35.5. The van der Waals surface area contributed by atoms with E-state index in [0.29, 0.717) is 5.92 Å². The minimum Gasteiger partial charge on any atom is -0.308 e. The number of amides is 1. The highest BCUT2D eigenvalue weighted by Crippen LogP contribution is 2.26. The summed E-state index contributed by atoms with van der Waals surface area (Å²) in [6.45, 7) is 3.00. The lowest BCUT2D eigenvalue weighted by Gasteiger charge is -2.28. The fourth-order valence-corrected chi connectivity index (χ4v) is 2.48. The topological polar surface area (TPSA) is 66.9 Å². The molecule has 2 heterocycles. The molecule has 0 aliphatic carbocycles. The van der Waals surface area contributed by atoms with E-state index in [9.17, 15) is 4.79 Å². The SMILES string of the molecule is CCC1CCNC(C(=O)Nc2ncnc(Cl)c2Cl)C1. The van der Waals surface area contributed by atoms with Crippen molar-refractivity contribution in [1.29, 1.82) is 0 Å². The summed E-state index contributed by atoms with van der Waals surface area (Å²) in [6, 6.07) is -0.205. The molecular weight excluding hydrogens is 287 g/mol. The molecular formula is C12H16Cl2N4O. The van der Waals surface area contributed by atoms with Crippen LogP contribution in [0.3, 0.4) is 0 Å². The molecule has 2 N–H and O–H groups in total. The first-order chi connectivity index (χ1) is 9.11. The van der Waals surface area contributed by atoms with Gasteiger partial charge in [0.05, 0.1) is 6.04 Å². The zero-order valence-electron chi connectivity index (χ0n) is 10.6. The largest absolute Gasteiger partial charge is 0.308 e. The molecule has 1 aromatic heterocycles. The lowest BCUT2D eigenvalue weighted by molar-refractivity contribution is -0.119. The monoisotopic (exact) mass is 302 g/mol. The van der Waals surface area contributed by atoms with E-state index in [-0.39, 0.29) is 27.9 Å². The second-order valence-corrected chi connectivity index (χ2v) is 5.36. The van der Waals surface area contributed by atoms with Gasteiger partial charge in [0.1, 0.15) is 11.3 Å². The van der Waals surface area contributed by atoms with Gasteiger partial charge in [-0.2, -0.15) is 0 Å². The molecule has 0 radical (unpaired) electrons. The van der Waals surface area contributed by atoms with Gasteiger partial charge in [0.2, 0.25) is 5.91 Å². The molecule has 1 saturated heterocycles. The standard InChI is InChI=1S/C12H16Cl2N4O/c1-2-7-3-4-15-8(5-7)12(19)18-11-9(13)10(14)16-6-17-11/h6-8,15H,2-5H2,1H3,(H,16,17,18,19). The summed E-state index contributed by atoms with van der Waals surface area (Å²) in [7, 11) is 0. The molecule has 1 aromatic rings. The van der Waals surface area contributed by atoms with Crippen molar-refractivity contribution in [3.8, 4) is 0 Å². The predicted molar refractivity (Wildman–Crippen MR) is 75.5 cm³/mol. The number of piperidine rings is 1. The summed E-state index contributed by atoms with van der Waals surface area (Å²) >= 11 is 11.7. The van der Waals surface area contributed by atoms with E-state index >= 15 is 0 Å². The van der Waals surface area contributed by atoms with Gasteiger partial charge in [-0.15, -0.1) is 0 Å². The number of nitrogens with one attached hydrogen (secondary N) is 2. The lowest BCUT2D eigenvalue weighted by atomic mass is 9.90. The molecule has 0 bridgehead atoms. The molecule has 2 atom stereocenters. The van der Waals surface area contributed by atoms with Gasteiger partial charge in [0, 0.05) is 0 Å². The Hall–Kier alpha value is -0.910. The second-order valence-electron chi connectivity index (χ2n) is 4.62. The molecule has 2 rings (SSSR count). The highest BCUT2D eigenvalue weighted by Gasteiger charge is 2.26. The van der Waals surface area contributed by atoms with Crippen molar-refractivity contribution in [2.75, 3.05) is 11.9 Å². The second kappa shape index (κ2) is 6.50.